The van der Waals surface area contributed by atoms with Crippen molar-refractivity contribution in [2.45, 2.75) is 31.1 Å². The summed E-state index contributed by atoms with van der Waals surface area (Å²) in [5.41, 5.74) is 0. The smallest absolute Gasteiger partial charge is 0.315 e. The van der Waals surface area contributed by atoms with E-state index in [0.29, 0.717) is 6.04 Å². The Labute approximate surface area is 101 Å². The molecule has 0 radical (unpaired) electrons. The molecular weight excluding hydrogens is 310 g/mol. The third-order valence-electron chi connectivity index (χ3n) is 2.33. The van der Waals surface area contributed by atoms with Crippen LogP contribution < -0.4 is 10.6 Å². The Kier molecular flexibility index (Phi) is 3.28. The highest BCUT2D eigenvalue weighted by molar-refractivity contribution is 14.1. The Hall–Kier alpha value is -0.590. The Morgan fingerprint density at radius 1 is 1.47 bits per heavy atom. The van der Waals surface area contributed by atoms with Crippen molar-refractivity contribution in [1.29, 1.82) is 0 Å². The van der Waals surface area contributed by atoms with E-state index in [1.165, 1.54) is 6.08 Å². The fourth-order valence-corrected chi connectivity index (χ4v) is 1.90. The van der Waals surface area contributed by atoms with E-state index in [-0.39, 0.29) is 6.03 Å². The van der Waals surface area contributed by atoms with Gasteiger partial charge in [0.05, 0.1) is 6.04 Å². The molecule has 3 nitrogen and oxygen atoms in total. The molecule has 1 fully saturated rings. The number of hydrogen-bond donors (Lipinski definition) is 2. The van der Waals surface area contributed by atoms with Crippen molar-refractivity contribution in [2.24, 2.45) is 0 Å². The van der Waals surface area contributed by atoms with Crippen molar-refractivity contribution < 1.29 is 9.18 Å². The van der Waals surface area contributed by atoms with Gasteiger partial charge in [-0.3, -0.25) is 0 Å². The molecule has 2 N–H and O–H groups in total. The van der Waals surface area contributed by atoms with Crippen molar-refractivity contribution in [1.82, 2.24) is 10.6 Å². The lowest BCUT2D eigenvalue weighted by Gasteiger charge is -2.20. The largest absolute Gasteiger partial charge is 0.335 e. The first-order valence-electron chi connectivity index (χ1n) is 4.92. The molecule has 1 saturated carbocycles. The monoisotopic (exact) mass is 322 g/mol. The summed E-state index contributed by atoms with van der Waals surface area (Å²) in [4.78, 5) is 11.3. The molecule has 2 rings (SSSR count). The lowest BCUT2D eigenvalue weighted by molar-refractivity contribution is 0.232. The van der Waals surface area contributed by atoms with Crippen LogP contribution in [0.4, 0.5) is 9.18 Å². The van der Waals surface area contributed by atoms with Gasteiger partial charge in [0.1, 0.15) is 6.17 Å². The van der Waals surface area contributed by atoms with E-state index in [9.17, 15) is 9.18 Å². The highest BCUT2D eigenvalue weighted by Crippen LogP contribution is 2.20. The van der Waals surface area contributed by atoms with Gasteiger partial charge in [0.2, 0.25) is 0 Å². The summed E-state index contributed by atoms with van der Waals surface area (Å²) < 4.78 is 14.3. The maximum atomic E-state index is 13.4. The van der Waals surface area contributed by atoms with Gasteiger partial charge in [-0.05, 0) is 41.5 Å². The van der Waals surface area contributed by atoms with Crippen LogP contribution in [0.25, 0.3) is 0 Å². The average Bonchev–Trinajstić information content (AvgIpc) is 2.94. The number of nitrogens with one attached hydrogen (secondary N) is 2. The van der Waals surface area contributed by atoms with Crippen LogP contribution in [0, 0.1) is 0 Å². The summed E-state index contributed by atoms with van der Waals surface area (Å²) in [5.74, 6) is 0. The standard InChI is InChI=1S/C10H12FIN2O/c11-8-5-6(12)1-4-9(8)14-10(15)13-7-2-3-7/h1,4-5,7-9H,2-3H2,(H2,13,14,15). The minimum absolute atomic E-state index is 0.278. The van der Waals surface area contributed by atoms with Crippen LogP contribution in [0.5, 0.6) is 0 Å². The first-order chi connectivity index (χ1) is 7.15. The topological polar surface area (TPSA) is 41.1 Å². The number of carbonyl (C=O) groups is 1. The average molecular weight is 322 g/mol. The van der Waals surface area contributed by atoms with E-state index in [1.54, 1.807) is 12.2 Å². The molecule has 2 aliphatic carbocycles. The number of carbonyl (C=O) groups excluding carboxylic acids is 1. The van der Waals surface area contributed by atoms with Crippen LogP contribution >= 0.6 is 22.6 Å². The van der Waals surface area contributed by atoms with Gasteiger partial charge >= 0.3 is 6.03 Å². The lowest BCUT2D eigenvalue weighted by atomic mass is 10.1. The maximum Gasteiger partial charge on any atom is 0.315 e. The Morgan fingerprint density at radius 2 is 2.20 bits per heavy atom. The third kappa shape index (κ3) is 3.19. The molecule has 0 spiro atoms. The van der Waals surface area contributed by atoms with Gasteiger partial charge in [-0.2, -0.15) is 0 Å². The summed E-state index contributed by atoms with van der Waals surface area (Å²) in [5, 5.41) is 5.36. The Morgan fingerprint density at radius 3 is 2.80 bits per heavy atom. The first kappa shape index (κ1) is 10.9. The van der Waals surface area contributed by atoms with Gasteiger partial charge < -0.3 is 10.6 Å². The highest BCUT2D eigenvalue weighted by Gasteiger charge is 2.26. The quantitative estimate of drug-likeness (QED) is 0.751. The SMILES string of the molecule is O=C(NC1CC1)NC1C=CC(I)=CC1F. The number of amides is 2. The molecular formula is C10H12FIN2O. The molecule has 0 aromatic rings. The number of alkyl halides is 1. The van der Waals surface area contributed by atoms with Gasteiger partial charge in [0.25, 0.3) is 0 Å². The van der Waals surface area contributed by atoms with Crippen LogP contribution in [0.2, 0.25) is 0 Å². The second-order valence-electron chi connectivity index (χ2n) is 3.77. The number of allylic oxidation sites excluding steroid dienone is 2. The number of halogens is 2. The van der Waals surface area contributed by atoms with Gasteiger partial charge in [0, 0.05) is 9.62 Å². The van der Waals surface area contributed by atoms with E-state index in [0.717, 1.165) is 16.4 Å². The molecule has 0 aliphatic heterocycles. The first-order valence-corrected chi connectivity index (χ1v) is 5.99. The summed E-state index contributed by atoms with van der Waals surface area (Å²) in [6.45, 7) is 0. The summed E-state index contributed by atoms with van der Waals surface area (Å²) in [6, 6.07) is -0.520. The van der Waals surface area contributed by atoms with Crippen LogP contribution in [-0.4, -0.2) is 24.3 Å². The molecule has 2 amide bonds. The number of rotatable bonds is 2. The second-order valence-corrected chi connectivity index (χ2v) is 5.02. The van der Waals surface area contributed by atoms with Crippen LogP contribution in [0.3, 0.4) is 0 Å². The predicted molar refractivity (Wildman–Crippen MR) is 64.6 cm³/mol. The molecule has 0 heterocycles. The zero-order valence-corrected chi connectivity index (χ0v) is 10.2. The van der Waals surface area contributed by atoms with Crippen LogP contribution in [0.1, 0.15) is 12.8 Å². The fourth-order valence-electron chi connectivity index (χ4n) is 1.35. The zero-order valence-electron chi connectivity index (χ0n) is 8.04. The molecule has 5 heteroatoms. The molecule has 15 heavy (non-hydrogen) atoms. The van der Waals surface area contributed by atoms with E-state index in [4.69, 9.17) is 0 Å². The van der Waals surface area contributed by atoms with Crippen molar-refractivity contribution in [2.75, 3.05) is 0 Å². The Bertz CT molecular complexity index is 325. The molecule has 2 atom stereocenters. The third-order valence-corrected chi connectivity index (χ3v) is 3.05. The van der Waals surface area contributed by atoms with Crippen LogP contribution in [0.15, 0.2) is 21.8 Å². The van der Waals surface area contributed by atoms with E-state index >= 15 is 0 Å². The lowest BCUT2D eigenvalue weighted by Crippen LogP contribution is -2.46. The minimum Gasteiger partial charge on any atom is -0.335 e. The zero-order chi connectivity index (χ0) is 10.8. The van der Waals surface area contributed by atoms with Crippen LogP contribution in [-0.2, 0) is 0 Å². The highest BCUT2D eigenvalue weighted by atomic mass is 127. The molecule has 82 valence electrons. The second kappa shape index (κ2) is 4.51. The summed E-state index contributed by atoms with van der Waals surface area (Å²) in [6.07, 6.45) is 5.92. The predicted octanol–water partition coefficient (Wildman–Crippen LogP) is 2.04. The fraction of sp³-hybridized carbons (Fsp3) is 0.500. The number of urea groups is 1. The van der Waals surface area contributed by atoms with Gasteiger partial charge in [-0.25, -0.2) is 9.18 Å². The summed E-state index contributed by atoms with van der Waals surface area (Å²) in [7, 11) is 0. The Balaban J connectivity index is 1.83. The maximum absolute atomic E-state index is 13.4. The molecule has 2 aliphatic rings. The van der Waals surface area contributed by atoms with E-state index < -0.39 is 12.2 Å². The molecule has 0 aromatic carbocycles. The van der Waals surface area contributed by atoms with Crippen molar-refractivity contribution >= 4 is 28.6 Å². The van der Waals surface area contributed by atoms with Gasteiger partial charge in [0.15, 0.2) is 0 Å². The minimum atomic E-state index is -1.13. The summed E-state index contributed by atoms with van der Waals surface area (Å²) >= 11 is 2.05. The molecule has 0 bridgehead atoms. The molecule has 0 saturated heterocycles. The van der Waals surface area contributed by atoms with Gasteiger partial charge in [-0.15, -0.1) is 0 Å². The number of hydrogen-bond acceptors (Lipinski definition) is 1. The van der Waals surface area contributed by atoms with Gasteiger partial charge in [-0.1, -0.05) is 12.2 Å². The molecule has 0 aromatic heterocycles. The van der Waals surface area contributed by atoms with E-state index in [2.05, 4.69) is 33.2 Å². The van der Waals surface area contributed by atoms with Crippen molar-refractivity contribution in [3.05, 3.63) is 21.8 Å². The van der Waals surface area contributed by atoms with E-state index in [1.807, 2.05) is 0 Å². The normalized spacial score (nSPS) is 29.6. The molecule has 2 unspecified atom stereocenters. The van der Waals surface area contributed by atoms with Crippen molar-refractivity contribution in [3.8, 4) is 0 Å². The van der Waals surface area contributed by atoms with Crippen molar-refractivity contribution in [3.63, 3.8) is 0 Å².